The molecule has 4 aromatic rings. The van der Waals surface area contributed by atoms with E-state index in [0.717, 1.165) is 39.1 Å². The van der Waals surface area contributed by atoms with Crippen molar-refractivity contribution in [3.05, 3.63) is 112 Å². The van der Waals surface area contributed by atoms with Crippen molar-refractivity contribution in [2.75, 3.05) is 0 Å². The lowest BCUT2D eigenvalue weighted by molar-refractivity contribution is 0.203. The number of benzene rings is 3. The number of urea groups is 1. The van der Waals surface area contributed by atoms with Crippen LogP contribution in [0.15, 0.2) is 77.0 Å². The number of aryl methyl sites for hydroxylation is 4. The van der Waals surface area contributed by atoms with Crippen LogP contribution in [-0.2, 0) is 6.54 Å². The first-order valence-corrected chi connectivity index (χ1v) is 12.1. The summed E-state index contributed by atoms with van der Waals surface area (Å²) in [5.74, 6) is 0.923. The largest absolute Gasteiger partial charge is 0.334 e. The third-order valence-electron chi connectivity index (χ3n) is 6.89. The van der Waals surface area contributed by atoms with E-state index in [-0.39, 0.29) is 6.03 Å². The fourth-order valence-corrected chi connectivity index (χ4v) is 4.47. The Kier molecular flexibility index (Phi) is 6.18. The van der Waals surface area contributed by atoms with Crippen molar-refractivity contribution < 1.29 is 9.32 Å². The maximum Gasteiger partial charge on any atom is 0.322 e. The van der Waals surface area contributed by atoms with Crippen LogP contribution in [0.2, 0.25) is 0 Å². The smallest absolute Gasteiger partial charge is 0.322 e. The minimum Gasteiger partial charge on any atom is -0.334 e. The lowest BCUT2D eigenvalue weighted by atomic mass is 9.92. The van der Waals surface area contributed by atoms with Gasteiger partial charge in [-0.15, -0.1) is 0 Å². The Bertz CT molecular complexity index is 1450. The maximum atomic E-state index is 13.4. The number of hydrogen-bond donors (Lipinski definition) is 1. The van der Waals surface area contributed by atoms with Crippen LogP contribution in [0.25, 0.3) is 17.0 Å². The fraction of sp³-hybridized carbons (Fsp3) is 0.233. The van der Waals surface area contributed by atoms with Gasteiger partial charge in [0.05, 0.1) is 18.2 Å². The molecule has 1 aromatic heterocycles. The summed E-state index contributed by atoms with van der Waals surface area (Å²) in [4.78, 5) is 19.9. The Morgan fingerprint density at radius 3 is 2.19 bits per heavy atom. The zero-order valence-corrected chi connectivity index (χ0v) is 21.3. The average molecular weight is 479 g/mol. The van der Waals surface area contributed by atoms with Gasteiger partial charge in [-0.2, -0.15) is 4.98 Å². The number of amides is 2. The van der Waals surface area contributed by atoms with E-state index < -0.39 is 6.04 Å². The molecule has 0 bridgehead atoms. The normalized spacial score (nSPS) is 15.9. The summed E-state index contributed by atoms with van der Waals surface area (Å²) in [5.41, 5.74) is 9.20. The van der Waals surface area contributed by atoms with Gasteiger partial charge in [0.25, 0.3) is 5.89 Å². The van der Waals surface area contributed by atoms with Crippen LogP contribution in [-0.4, -0.2) is 21.1 Å². The van der Waals surface area contributed by atoms with Gasteiger partial charge in [0, 0.05) is 11.3 Å². The van der Waals surface area contributed by atoms with E-state index in [1.54, 1.807) is 4.90 Å². The van der Waals surface area contributed by atoms with Crippen LogP contribution >= 0.6 is 0 Å². The van der Waals surface area contributed by atoms with Crippen molar-refractivity contribution in [3.63, 3.8) is 0 Å². The van der Waals surface area contributed by atoms with Crippen molar-refractivity contribution in [2.24, 2.45) is 0 Å². The molecule has 6 heteroatoms. The number of carbonyl (C=O) groups is 1. The van der Waals surface area contributed by atoms with Crippen molar-refractivity contribution in [3.8, 4) is 11.4 Å². The summed E-state index contributed by atoms with van der Waals surface area (Å²) < 4.78 is 5.82. The van der Waals surface area contributed by atoms with Gasteiger partial charge >= 0.3 is 6.03 Å². The van der Waals surface area contributed by atoms with Gasteiger partial charge < -0.3 is 9.84 Å². The average Bonchev–Trinajstić information content (AvgIpc) is 3.34. The highest BCUT2D eigenvalue weighted by Gasteiger charge is 2.36. The van der Waals surface area contributed by atoms with E-state index >= 15 is 0 Å². The third kappa shape index (κ3) is 4.54. The Hall–Kier alpha value is -4.19. The lowest BCUT2D eigenvalue weighted by Crippen LogP contribution is -2.45. The quantitative estimate of drug-likeness (QED) is 0.348. The summed E-state index contributed by atoms with van der Waals surface area (Å²) in [6.45, 7) is 10.6. The number of carbonyl (C=O) groups excluding carboxylic acids is 1. The Labute approximate surface area is 211 Å². The second kappa shape index (κ2) is 9.46. The maximum absolute atomic E-state index is 13.4. The zero-order chi connectivity index (χ0) is 25.4. The van der Waals surface area contributed by atoms with E-state index in [2.05, 4.69) is 55.5 Å². The first-order valence-electron chi connectivity index (χ1n) is 12.1. The molecule has 1 N–H and O–H groups in total. The highest BCUT2D eigenvalue weighted by atomic mass is 16.5. The summed E-state index contributed by atoms with van der Waals surface area (Å²) in [6, 6.07) is 21.9. The molecule has 0 saturated carbocycles. The fourth-order valence-electron chi connectivity index (χ4n) is 4.47. The predicted molar refractivity (Wildman–Crippen MR) is 141 cm³/mol. The van der Waals surface area contributed by atoms with Crippen molar-refractivity contribution >= 4 is 11.6 Å². The number of nitrogens with zero attached hydrogens (tertiary/aromatic N) is 3. The van der Waals surface area contributed by atoms with E-state index in [1.807, 2.05) is 56.3 Å². The SMILES string of the molecule is CC1=C(c2nc(-c3ccc(C)cc3)no2)C(c2ccc(C)c(C)c2)NC(=O)N1Cc1ccc(C)cc1. The molecular formula is C30H30N4O2. The molecule has 3 aromatic carbocycles. The summed E-state index contributed by atoms with van der Waals surface area (Å²) in [7, 11) is 0. The van der Waals surface area contributed by atoms with E-state index in [0.29, 0.717) is 18.3 Å². The highest BCUT2D eigenvalue weighted by Crippen LogP contribution is 2.38. The number of hydrogen-bond acceptors (Lipinski definition) is 4. The van der Waals surface area contributed by atoms with Crippen molar-refractivity contribution in [2.45, 2.75) is 47.2 Å². The number of aromatic nitrogens is 2. The molecule has 6 nitrogen and oxygen atoms in total. The number of rotatable bonds is 5. The van der Waals surface area contributed by atoms with E-state index in [4.69, 9.17) is 9.51 Å². The monoisotopic (exact) mass is 478 g/mol. The molecule has 5 rings (SSSR count). The first kappa shape index (κ1) is 23.5. The standard InChI is InChI=1S/C30H30N4O2/c1-18-6-11-23(12-7-18)17-34-22(5)26(27(31-30(34)35)25-15-10-20(3)21(4)16-25)29-32-28(33-36-29)24-13-8-19(2)9-14-24/h6-16,27H,17H2,1-5H3,(H,31,35). The van der Waals surface area contributed by atoms with Crippen LogP contribution in [0, 0.1) is 27.7 Å². The van der Waals surface area contributed by atoms with E-state index in [1.165, 1.54) is 11.1 Å². The molecule has 0 radical (unpaired) electrons. The highest BCUT2D eigenvalue weighted by molar-refractivity contribution is 5.87. The molecule has 0 fully saturated rings. The van der Waals surface area contributed by atoms with E-state index in [9.17, 15) is 4.79 Å². The van der Waals surface area contributed by atoms with Crippen LogP contribution in [0.5, 0.6) is 0 Å². The third-order valence-corrected chi connectivity index (χ3v) is 6.89. The van der Waals surface area contributed by atoms with Gasteiger partial charge in [-0.1, -0.05) is 83.0 Å². The Morgan fingerprint density at radius 1 is 0.861 bits per heavy atom. The first-order chi connectivity index (χ1) is 17.3. The molecule has 2 heterocycles. The van der Waals surface area contributed by atoms with Crippen LogP contribution in [0.3, 0.4) is 0 Å². The molecule has 1 atom stereocenters. The molecular weight excluding hydrogens is 448 g/mol. The van der Waals surface area contributed by atoms with Gasteiger partial charge in [-0.25, -0.2) is 4.79 Å². The van der Waals surface area contributed by atoms with Gasteiger partial charge in [-0.05, 0) is 56.9 Å². The minimum atomic E-state index is -0.405. The Morgan fingerprint density at radius 2 is 1.53 bits per heavy atom. The topological polar surface area (TPSA) is 71.3 Å². The van der Waals surface area contributed by atoms with Gasteiger partial charge in [0.15, 0.2) is 0 Å². The molecule has 0 spiro atoms. The molecule has 182 valence electrons. The second-order valence-electron chi connectivity index (χ2n) is 9.59. The van der Waals surface area contributed by atoms with Crippen LogP contribution in [0.4, 0.5) is 4.79 Å². The van der Waals surface area contributed by atoms with Gasteiger partial charge in [-0.3, -0.25) is 4.90 Å². The van der Waals surface area contributed by atoms with Crippen molar-refractivity contribution in [1.82, 2.24) is 20.4 Å². The summed E-state index contributed by atoms with van der Waals surface area (Å²) in [5, 5.41) is 7.47. The van der Waals surface area contributed by atoms with Gasteiger partial charge in [0.1, 0.15) is 0 Å². The molecule has 2 amide bonds. The molecule has 1 unspecified atom stereocenters. The van der Waals surface area contributed by atoms with Crippen LogP contribution in [0.1, 0.15) is 52.2 Å². The molecule has 1 aliphatic rings. The van der Waals surface area contributed by atoms with Gasteiger partial charge in [0.2, 0.25) is 5.82 Å². The van der Waals surface area contributed by atoms with Crippen LogP contribution < -0.4 is 5.32 Å². The van der Waals surface area contributed by atoms with Crippen molar-refractivity contribution in [1.29, 1.82) is 0 Å². The minimum absolute atomic E-state index is 0.154. The summed E-state index contributed by atoms with van der Waals surface area (Å²) in [6.07, 6.45) is 0. The molecule has 1 aliphatic heterocycles. The zero-order valence-electron chi connectivity index (χ0n) is 21.3. The lowest BCUT2D eigenvalue weighted by Gasteiger charge is -2.35. The number of nitrogens with one attached hydrogen (secondary N) is 1. The predicted octanol–water partition coefficient (Wildman–Crippen LogP) is 6.67. The molecule has 0 aliphatic carbocycles. The number of allylic oxidation sites excluding steroid dienone is 1. The molecule has 0 saturated heterocycles. The molecule has 36 heavy (non-hydrogen) atoms. The second-order valence-corrected chi connectivity index (χ2v) is 9.59. The Balaban J connectivity index is 1.60. The summed E-state index contributed by atoms with van der Waals surface area (Å²) >= 11 is 0.